The monoisotopic (exact) mass is 324 g/mol. The number of hydrogen-bond acceptors (Lipinski definition) is 4. The smallest absolute Gasteiger partial charge is 0.215 e. The Bertz CT molecular complexity index is 711. The summed E-state index contributed by atoms with van der Waals surface area (Å²) >= 11 is 0. The average molecular weight is 324 g/mol. The minimum atomic E-state index is -3.20. The lowest BCUT2D eigenvalue weighted by Crippen LogP contribution is -2.41. The van der Waals surface area contributed by atoms with Gasteiger partial charge in [-0.05, 0) is 37.5 Å². The molecule has 22 heavy (non-hydrogen) atoms. The van der Waals surface area contributed by atoms with Crippen LogP contribution in [0.5, 0.6) is 0 Å². The standard InChI is InChI=1S/C15H24N4O2S/c1-4-18-12(8-16-17-18)9-19-13-7-11-5-6-15(13,14(11,2)3)10-22(19,20)21/h8,11,13H,4-7,9-10H2,1-3H3/t11-,13-,15?/m1/s1. The minimum absolute atomic E-state index is 0.0546. The molecule has 3 fully saturated rings. The van der Waals surface area contributed by atoms with Gasteiger partial charge in [-0.25, -0.2) is 13.1 Å². The van der Waals surface area contributed by atoms with Gasteiger partial charge in [0.2, 0.25) is 10.0 Å². The molecule has 7 heteroatoms. The highest BCUT2D eigenvalue weighted by Crippen LogP contribution is 2.70. The molecule has 4 rings (SSSR count). The number of fused-ring (bicyclic) bond motifs is 1. The van der Waals surface area contributed by atoms with Crippen LogP contribution in [0.3, 0.4) is 0 Å². The van der Waals surface area contributed by atoms with Crippen molar-refractivity contribution in [1.29, 1.82) is 0 Å². The first kappa shape index (κ1) is 14.6. The Labute approximate surface area is 131 Å². The molecule has 2 saturated carbocycles. The minimum Gasteiger partial charge on any atom is -0.248 e. The van der Waals surface area contributed by atoms with Crippen LogP contribution in [-0.4, -0.2) is 39.5 Å². The zero-order valence-electron chi connectivity index (χ0n) is 13.5. The molecule has 0 N–H and O–H groups in total. The Hall–Kier alpha value is -0.950. The molecule has 0 aromatic carbocycles. The second kappa shape index (κ2) is 4.32. The fourth-order valence-electron chi connectivity index (χ4n) is 5.41. The number of hydrogen-bond donors (Lipinski definition) is 0. The average Bonchev–Trinajstić information content (AvgIpc) is 3.10. The zero-order chi connectivity index (χ0) is 15.8. The Kier molecular flexibility index (Phi) is 2.87. The molecular weight excluding hydrogens is 300 g/mol. The van der Waals surface area contributed by atoms with E-state index in [0.29, 0.717) is 24.8 Å². The predicted octanol–water partition coefficient (Wildman–Crippen LogP) is 1.64. The summed E-state index contributed by atoms with van der Waals surface area (Å²) in [6.45, 7) is 7.69. The van der Waals surface area contributed by atoms with E-state index >= 15 is 0 Å². The SMILES string of the molecule is CCn1nncc1CN1[C@@H]2C[C@H]3CCC2(CS1(=O)=O)C3(C)C. The van der Waals surface area contributed by atoms with E-state index in [4.69, 9.17) is 0 Å². The summed E-state index contributed by atoms with van der Waals surface area (Å²) in [7, 11) is -3.20. The first-order valence-electron chi connectivity index (χ1n) is 8.19. The molecule has 122 valence electrons. The first-order valence-corrected chi connectivity index (χ1v) is 9.79. The lowest BCUT2D eigenvalue weighted by molar-refractivity contribution is 0.111. The van der Waals surface area contributed by atoms with Crippen molar-refractivity contribution in [2.45, 2.75) is 59.2 Å². The van der Waals surface area contributed by atoms with E-state index < -0.39 is 10.0 Å². The summed E-state index contributed by atoms with van der Waals surface area (Å²) in [6, 6.07) is 0.159. The van der Waals surface area contributed by atoms with Gasteiger partial charge in [-0.3, -0.25) is 0 Å². The Morgan fingerprint density at radius 3 is 2.86 bits per heavy atom. The van der Waals surface area contributed by atoms with E-state index in [1.54, 1.807) is 15.2 Å². The number of aromatic nitrogens is 3. The Morgan fingerprint density at radius 1 is 1.41 bits per heavy atom. The molecule has 2 aliphatic carbocycles. The molecule has 6 nitrogen and oxygen atoms in total. The third-order valence-corrected chi connectivity index (χ3v) is 8.83. The maximum absolute atomic E-state index is 12.8. The second-order valence-electron chi connectivity index (χ2n) is 7.71. The summed E-state index contributed by atoms with van der Waals surface area (Å²) in [5.41, 5.74) is 0.965. The third-order valence-electron chi connectivity index (χ3n) is 6.85. The van der Waals surface area contributed by atoms with Gasteiger partial charge in [0.25, 0.3) is 0 Å². The van der Waals surface area contributed by atoms with Crippen molar-refractivity contribution in [2.24, 2.45) is 16.7 Å². The number of aryl methyl sites for hydroxylation is 1. The second-order valence-corrected chi connectivity index (χ2v) is 9.63. The van der Waals surface area contributed by atoms with Crippen LogP contribution in [0, 0.1) is 16.7 Å². The normalized spacial score (nSPS) is 38.5. The fourth-order valence-corrected chi connectivity index (χ4v) is 7.94. The van der Waals surface area contributed by atoms with Crippen molar-refractivity contribution in [1.82, 2.24) is 19.3 Å². The van der Waals surface area contributed by atoms with Crippen molar-refractivity contribution in [3.8, 4) is 0 Å². The van der Waals surface area contributed by atoms with Gasteiger partial charge in [-0.2, -0.15) is 4.31 Å². The van der Waals surface area contributed by atoms with E-state index in [2.05, 4.69) is 24.2 Å². The van der Waals surface area contributed by atoms with E-state index in [1.807, 2.05) is 6.92 Å². The van der Waals surface area contributed by atoms with Crippen molar-refractivity contribution >= 4 is 10.0 Å². The number of sulfonamides is 1. The highest BCUT2D eigenvalue weighted by molar-refractivity contribution is 7.89. The van der Waals surface area contributed by atoms with Gasteiger partial charge < -0.3 is 0 Å². The maximum atomic E-state index is 12.8. The van der Waals surface area contributed by atoms with Gasteiger partial charge in [-0.15, -0.1) is 5.10 Å². The van der Waals surface area contributed by atoms with Crippen LogP contribution in [0.15, 0.2) is 6.20 Å². The van der Waals surface area contributed by atoms with Gasteiger partial charge in [0.1, 0.15) is 0 Å². The van der Waals surface area contributed by atoms with E-state index in [9.17, 15) is 8.42 Å². The van der Waals surface area contributed by atoms with Crippen LogP contribution in [0.2, 0.25) is 0 Å². The van der Waals surface area contributed by atoms with Gasteiger partial charge >= 0.3 is 0 Å². The largest absolute Gasteiger partial charge is 0.248 e. The zero-order valence-corrected chi connectivity index (χ0v) is 14.3. The molecule has 3 atom stereocenters. The van der Waals surface area contributed by atoms with Gasteiger partial charge in [0.15, 0.2) is 0 Å². The third kappa shape index (κ3) is 1.61. The lowest BCUT2D eigenvalue weighted by atomic mass is 9.69. The van der Waals surface area contributed by atoms with Crippen LogP contribution in [-0.2, 0) is 23.1 Å². The van der Waals surface area contributed by atoms with Crippen molar-refractivity contribution < 1.29 is 8.42 Å². The van der Waals surface area contributed by atoms with Crippen molar-refractivity contribution in [2.75, 3.05) is 5.75 Å². The Morgan fingerprint density at radius 2 is 2.18 bits per heavy atom. The molecule has 2 bridgehead atoms. The van der Waals surface area contributed by atoms with Gasteiger partial charge in [0.05, 0.1) is 24.2 Å². The molecule has 1 unspecified atom stereocenters. The van der Waals surface area contributed by atoms with Crippen molar-refractivity contribution in [3.05, 3.63) is 11.9 Å². The van der Waals surface area contributed by atoms with Gasteiger partial charge in [0, 0.05) is 18.0 Å². The van der Waals surface area contributed by atoms with E-state index in [-0.39, 0.29) is 16.9 Å². The molecule has 2 heterocycles. The molecule has 3 aliphatic rings. The van der Waals surface area contributed by atoms with Crippen LogP contribution in [0.25, 0.3) is 0 Å². The summed E-state index contributed by atoms with van der Waals surface area (Å²) in [6.07, 6.45) is 4.94. The first-order chi connectivity index (χ1) is 10.3. The summed E-state index contributed by atoms with van der Waals surface area (Å²) in [5.74, 6) is 0.978. The lowest BCUT2D eigenvalue weighted by Gasteiger charge is -2.37. The molecule has 1 aromatic rings. The van der Waals surface area contributed by atoms with Gasteiger partial charge in [-0.1, -0.05) is 19.1 Å². The molecule has 1 aliphatic heterocycles. The summed E-state index contributed by atoms with van der Waals surface area (Å²) in [5, 5.41) is 7.96. The van der Waals surface area contributed by atoms with Crippen LogP contribution in [0.1, 0.15) is 45.7 Å². The Balaban J connectivity index is 1.72. The number of nitrogens with zero attached hydrogens (tertiary/aromatic N) is 4. The highest BCUT2D eigenvalue weighted by atomic mass is 32.2. The summed E-state index contributed by atoms with van der Waals surface area (Å²) in [4.78, 5) is 0. The highest BCUT2D eigenvalue weighted by Gasteiger charge is 2.71. The van der Waals surface area contributed by atoms with Crippen molar-refractivity contribution in [3.63, 3.8) is 0 Å². The fraction of sp³-hybridized carbons (Fsp3) is 0.867. The molecule has 1 aromatic heterocycles. The quantitative estimate of drug-likeness (QED) is 0.847. The molecule has 0 radical (unpaired) electrons. The van der Waals surface area contributed by atoms with E-state index in [1.165, 1.54) is 6.42 Å². The maximum Gasteiger partial charge on any atom is 0.215 e. The molecular formula is C15H24N4O2S. The molecule has 0 amide bonds. The number of rotatable bonds is 3. The predicted molar refractivity (Wildman–Crippen MR) is 82.4 cm³/mol. The molecule has 1 saturated heterocycles. The summed E-state index contributed by atoms with van der Waals surface area (Å²) < 4.78 is 29.2. The molecule has 1 spiro atoms. The van der Waals surface area contributed by atoms with E-state index in [0.717, 1.165) is 18.5 Å². The van der Waals surface area contributed by atoms with Crippen LogP contribution >= 0.6 is 0 Å². The topological polar surface area (TPSA) is 68.1 Å². The van der Waals surface area contributed by atoms with Crippen LogP contribution in [0.4, 0.5) is 0 Å². The van der Waals surface area contributed by atoms with Crippen LogP contribution < -0.4 is 0 Å².